The Balaban J connectivity index is 2.76. The van der Waals surface area contributed by atoms with Crippen LogP contribution in [-0.2, 0) is 0 Å². The Labute approximate surface area is 97.4 Å². The van der Waals surface area contributed by atoms with E-state index in [2.05, 4.69) is 18.3 Å². The highest BCUT2D eigenvalue weighted by molar-refractivity contribution is 5.37. The fourth-order valence-corrected chi connectivity index (χ4v) is 1.75. The Morgan fingerprint density at radius 1 is 1.38 bits per heavy atom. The van der Waals surface area contributed by atoms with E-state index in [9.17, 15) is 0 Å². The fraction of sp³-hybridized carbons (Fsp3) is 0.538. The van der Waals surface area contributed by atoms with Crippen molar-refractivity contribution in [1.82, 2.24) is 5.32 Å². The molecule has 0 bridgehead atoms. The smallest absolute Gasteiger partial charge is 0.121 e. The molecule has 3 nitrogen and oxygen atoms in total. The summed E-state index contributed by atoms with van der Waals surface area (Å²) >= 11 is 0. The summed E-state index contributed by atoms with van der Waals surface area (Å²) in [4.78, 5) is 0. The molecule has 1 aromatic rings. The third-order valence-electron chi connectivity index (χ3n) is 2.73. The van der Waals surface area contributed by atoms with Gasteiger partial charge in [-0.05, 0) is 38.0 Å². The van der Waals surface area contributed by atoms with Gasteiger partial charge in [0.05, 0.1) is 13.7 Å². The van der Waals surface area contributed by atoms with E-state index in [1.807, 2.05) is 26.0 Å². The molecular formula is C13H21NO2. The summed E-state index contributed by atoms with van der Waals surface area (Å²) in [6, 6.07) is 6.48. The van der Waals surface area contributed by atoms with E-state index < -0.39 is 0 Å². The molecule has 0 aliphatic rings. The summed E-state index contributed by atoms with van der Waals surface area (Å²) < 4.78 is 5.22. The zero-order chi connectivity index (χ0) is 12.1. The van der Waals surface area contributed by atoms with Gasteiger partial charge in [-0.1, -0.05) is 12.1 Å². The summed E-state index contributed by atoms with van der Waals surface area (Å²) in [5, 5.41) is 12.3. The normalized spacial score (nSPS) is 14.6. The lowest BCUT2D eigenvalue weighted by Crippen LogP contribution is -2.31. The molecule has 0 radical (unpaired) electrons. The van der Waals surface area contributed by atoms with E-state index in [4.69, 9.17) is 9.84 Å². The van der Waals surface area contributed by atoms with Gasteiger partial charge in [-0.2, -0.15) is 0 Å². The first-order valence-corrected chi connectivity index (χ1v) is 5.60. The summed E-state index contributed by atoms with van der Waals surface area (Å²) in [5.74, 6) is 0.908. The van der Waals surface area contributed by atoms with Crippen LogP contribution >= 0.6 is 0 Å². The molecule has 3 heteroatoms. The van der Waals surface area contributed by atoms with E-state index in [1.54, 1.807) is 7.11 Å². The van der Waals surface area contributed by atoms with E-state index in [0.29, 0.717) is 0 Å². The molecule has 0 saturated heterocycles. The van der Waals surface area contributed by atoms with Crippen molar-refractivity contribution in [3.05, 3.63) is 29.3 Å². The molecule has 2 atom stereocenters. The molecule has 0 aliphatic carbocycles. The van der Waals surface area contributed by atoms with Crippen molar-refractivity contribution in [2.75, 3.05) is 13.7 Å². The van der Waals surface area contributed by atoms with Crippen molar-refractivity contribution in [2.45, 2.75) is 32.9 Å². The Morgan fingerprint density at radius 3 is 2.56 bits per heavy atom. The minimum Gasteiger partial charge on any atom is -0.496 e. The lowest BCUT2D eigenvalue weighted by Gasteiger charge is -2.19. The van der Waals surface area contributed by atoms with E-state index in [1.165, 1.54) is 5.56 Å². The monoisotopic (exact) mass is 223 g/mol. The van der Waals surface area contributed by atoms with Gasteiger partial charge >= 0.3 is 0 Å². The number of nitrogens with one attached hydrogen (secondary N) is 1. The highest BCUT2D eigenvalue weighted by atomic mass is 16.5. The molecule has 2 N–H and O–H groups in total. The predicted molar refractivity (Wildman–Crippen MR) is 65.8 cm³/mol. The number of hydrogen-bond donors (Lipinski definition) is 2. The minimum atomic E-state index is 0.109. The molecule has 2 unspecified atom stereocenters. The van der Waals surface area contributed by atoms with Crippen LogP contribution in [-0.4, -0.2) is 24.9 Å². The number of rotatable bonds is 5. The van der Waals surface area contributed by atoms with Crippen molar-refractivity contribution in [1.29, 1.82) is 0 Å². The second kappa shape index (κ2) is 5.87. The second-order valence-corrected chi connectivity index (χ2v) is 4.20. The zero-order valence-corrected chi connectivity index (χ0v) is 10.4. The van der Waals surface area contributed by atoms with Crippen LogP contribution in [0.1, 0.15) is 31.0 Å². The number of aliphatic hydroxyl groups excluding tert-OH is 1. The molecular weight excluding hydrogens is 202 g/mol. The number of aliphatic hydroxyl groups is 1. The molecule has 16 heavy (non-hydrogen) atoms. The van der Waals surface area contributed by atoms with Crippen molar-refractivity contribution in [3.63, 3.8) is 0 Å². The number of ether oxygens (including phenoxy) is 1. The van der Waals surface area contributed by atoms with Gasteiger partial charge in [-0.25, -0.2) is 0 Å². The van der Waals surface area contributed by atoms with Gasteiger partial charge in [0.15, 0.2) is 0 Å². The first kappa shape index (κ1) is 13.0. The summed E-state index contributed by atoms with van der Waals surface area (Å²) in [6.45, 7) is 6.24. The highest BCUT2D eigenvalue weighted by Gasteiger charge is 2.09. The number of methoxy groups -OCH3 is 1. The van der Waals surface area contributed by atoms with Crippen LogP contribution in [0.3, 0.4) is 0 Å². The molecule has 0 fully saturated rings. The van der Waals surface area contributed by atoms with Crippen LogP contribution in [0.15, 0.2) is 18.2 Å². The van der Waals surface area contributed by atoms with Gasteiger partial charge in [-0.15, -0.1) is 0 Å². The topological polar surface area (TPSA) is 41.5 Å². The van der Waals surface area contributed by atoms with Gasteiger partial charge in [0, 0.05) is 12.1 Å². The molecule has 0 saturated carbocycles. The number of aryl methyl sites for hydroxylation is 1. The van der Waals surface area contributed by atoms with Gasteiger partial charge in [0.1, 0.15) is 5.75 Å². The van der Waals surface area contributed by atoms with Crippen LogP contribution in [0.25, 0.3) is 0 Å². The van der Waals surface area contributed by atoms with E-state index >= 15 is 0 Å². The Kier molecular flexibility index (Phi) is 4.77. The molecule has 90 valence electrons. The van der Waals surface area contributed by atoms with E-state index in [0.717, 1.165) is 11.3 Å². The van der Waals surface area contributed by atoms with Crippen molar-refractivity contribution in [2.24, 2.45) is 0 Å². The Bertz CT molecular complexity index is 339. The SMILES string of the molecule is COc1ccc(C(C)NC(C)CO)cc1C. The maximum atomic E-state index is 8.98. The molecule has 0 aliphatic heterocycles. The maximum absolute atomic E-state index is 8.98. The Morgan fingerprint density at radius 2 is 2.06 bits per heavy atom. The molecule has 1 aromatic carbocycles. The number of hydrogen-bond acceptors (Lipinski definition) is 3. The van der Waals surface area contributed by atoms with Gasteiger partial charge < -0.3 is 15.2 Å². The average Bonchev–Trinajstić information content (AvgIpc) is 2.28. The molecule has 0 amide bonds. The van der Waals surface area contributed by atoms with Crippen LogP contribution < -0.4 is 10.1 Å². The predicted octanol–water partition coefficient (Wildman–Crippen LogP) is 2.04. The van der Waals surface area contributed by atoms with Gasteiger partial charge in [0.25, 0.3) is 0 Å². The van der Waals surface area contributed by atoms with Crippen LogP contribution in [0.2, 0.25) is 0 Å². The highest BCUT2D eigenvalue weighted by Crippen LogP contribution is 2.22. The largest absolute Gasteiger partial charge is 0.496 e. The fourth-order valence-electron chi connectivity index (χ4n) is 1.75. The summed E-state index contributed by atoms with van der Waals surface area (Å²) in [7, 11) is 1.68. The first-order chi connectivity index (χ1) is 7.58. The lowest BCUT2D eigenvalue weighted by molar-refractivity contribution is 0.243. The van der Waals surface area contributed by atoms with Crippen molar-refractivity contribution < 1.29 is 9.84 Å². The third-order valence-corrected chi connectivity index (χ3v) is 2.73. The number of benzene rings is 1. The quantitative estimate of drug-likeness (QED) is 0.802. The summed E-state index contributed by atoms with van der Waals surface area (Å²) in [5.41, 5.74) is 2.34. The summed E-state index contributed by atoms with van der Waals surface area (Å²) in [6.07, 6.45) is 0. The molecule has 1 rings (SSSR count). The van der Waals surface area contributed by atoms with Gasteiger partial charge in [0.2, 0.25) is 0 Å². The van der Waals surface area contributed by atoms with Crippen LogP contribution in [0.5, 0.6) is 5.75 Å². The first-order valence-electron chi connectivity index (χ1n) is 5.60. The lowest BCUT2D eigenvalue weighted by atomic mass is 10.0. The average molecular weight is 223 g/mol. The second-order valence-electron chi connectivity index (χ2n) is 4.20. The third kappa shape index (κ3) is 3.22. The van der Waals surface area contributed by atoms with Crippen LogP contribution in [0.4, 0.5) is 0 Å². The van der Waals surface area contributed by atoms with Crippen LogP contribution in [0, 0.1) is 6.92 Å². The Hall–Kier alpha value is -1.06. The minimum absolute atomic E-state index is 0.109. The maximum Gasteiger partial charge on any atom is 0.121 e. The molecule has 0 aromatic heterocycles. The van der Waals surface area contributed by atoms with Crippen molar-refractivity contribution in [3.8, 4) is 5.75 Å². The standard InChI is InChI=1S/C13H21NO2/c1-9-7-12(5-6-13(9)16-4)11(3)14-10(2)8-15/h5-7,10-11,14-15H,8H2,1-4H3. The zero-order valence-electron chi connectivity index (χ0n) is 10.4. The van der Waals surface area contributed by atoms with E-state index in [-0.39, 0.29) is 18.7 Å². The molecule has 0 heterocycles. The molecule has 0 spiro atoms. The van der Waals surface area contributed by atoms with Gasteiger partial charge in [-0.3, -0.25) is 0 Å². The van der Waals surface area contributed by atoms with Crippen molar-refractivity contribution >= 4 is 0 Å².